The van der Waals surface area contributed by atoms with Crippen LogP contribution < -0.4 is 5.32 Å². The molecule has 0 saturated carbocycles. The summed E-state index contributed by atoms with van der Waals surface area (Å²) < 4.78 is 0. The summed E-state index contributed by atoms with van der Waals surface area (Å²) >= 11 is 0. The van der Waals surface area contributed by atoms with E-state index >= 15 is 0 Å². The summed E-state index contributed by atoms with van der Waals surface area (Å²) in [6, 6.07) is 0. The number of hydrogen-bond acceptors (Lipinski definition) is 0. The van der Waals surface area contributed by atoms with E-state index in [0.717, 1.165) is 19.0 Å². The Morgan fingerprint density at radius 3 is 2.27 bits per heavy atom. The van der Waals surface area contributed by atoms with Gasteiger partial charge in [-0.25, -0.2) is 5.32 Å². The molecule has 0 aromatic heterocycles. The van der Waals surface area contributed by atoms with E-state index in [1.165, 1.54) is 25.7 Å². The van der Waals surface area contributed by atoms with Gasteiger partial charge >= 0.3 is 0 Å². The molecule has 67 valence electrons. The van der Waals surface area contributed by atoms with Crippen LogP contribution in [0.4, 0.5) is 0 Å². The summed E-state index contributed by atoms with van der Waals surface area (Å²) in [7, 11) is 0. The van der Waals surface area contributed by atoms with E-state index in [4.69, 9.17) is 0 Å². The zero-order valence-electron chi connectivity index (χ0n) is 8.27. The smallest absolute Gasteiger partial charge is 0.0133 e. The van der Waals surface area contributed by atoms with Crippen LogP contribution in [0, 0.1) is 5.92 Å². The molecule has 0 bridgehead atoms. The molecule has 0 spiro atoms. The Morgan fingerprint density at radius 1 is 1.09 bits per heavy atom. The average Bonchev–Trinajstić information content (AvgIpc) is 1.96. The molecule has 0 aliphatic rings. The maximum absolute atomic E-state index is 4.43. The molecule has 0 saturated heterocycles. The fourth-order valence-corrected chi connectivity index (χ4v) is 0.993. The molecular formula is C10H22N. The molecule has 0 atom stereocenters. The van der Waals surface area contributed by atoms with Gasteiger partial charge in [-0.15, -0.1) is 0 Å². The third-order valence-electron chi connectivity index (χ3n) is 1.77. The lowest BCUT2D eigenvalue weighted by Gasteiger charge is -2.03. The van der Waals surface area contributed by atoms with Crippen molar-refractivity contribution in [2.75, 3.05) is 13.1 Å². The van der Waals surface area contributed by atoms with Crippen LogP contribution in [0.1, 0.15) is 46.5 Å². The van der Waals surface area contributed by atoms with Crippen LogP contribution in [0.2, 0.25) is 0 Å². The normalized spacial score (nSPS) is 10.9. The van der Waals surface area contributed by atoms with Gasteiger partial charge < -0.3 is 0 Å². The Bertz CT molecular complexity index is 69.3. The van der Waals surface area contributed by atoms with Crippen molar-refractivity contribution >= 4 is 0 Å². The molecule has 0 heterocycles. The maximum atomic E-state index is 4.43. The van der Waals surface area contributed by atoms with Crippen LogP contribution in [0.25, 0.3) is 0 Å². The van der Waals surface area contributed by atoms with Gasteiger partial charge in [-0.2, -0.15) is 0 Å². The van der Waals surface area contributed by atoms with E-state index in [0.29, 0.717) is 0 Å². The van der Waals surface area contributed by atoms with E-state index in [1.807, 2.05) is 0 Å². The van der Waals surface area contributed by atoms with E-state index < -0.39 is 0 Å². The SMILES string of the molecule is CCCC[N]CCCC(C)C. The first-order valence-electron chi connectivity index (χ1n) is 4.90. The number of hydrogen-bond donors (Lipinski definition) is 0. The average molecular weight is 156 g/mol. The second-order valence-electron chi connectivity index (χ2n) is 3.56. The molecule has 0 aliphatic heterocycles. The molecule has 1 nitrogen and oxygen atoms in total. The lowest BCUT2D eigenvalue weighted by Crippen LogP contribution is -2.08. The summed E-state index contributed by atoms with van der Waals surface area (Å²) in [6.45, 7) is 8.91. The van der Waals surface area contributed by atoms with Crippen molar-refractivity contribution in [1.29, 1.82) is 0 Å². The predicted molar refractivity (Wildman–Crippen MR) is 50.8 cm³/mol. The minimum absolute atomic E-state index is 0.844. The van der Waals surface area contributed by atoms with Gasteiger partial charge in [-0.3, -0.25) is 0 Å². The van der Waals surface area contributed by atoms with Crippen LogP contribution in [0.3, 0.4) is 0 Å². The van der Waals surface area contributed by atoms with Crippen molar-refractivity contribution in [2.45, 2.75) is 46.5 Å². The van der Waals surface area contributed by atoms with Gasteiger partial charge in [0.25, 0.3) is 0 Å². The highest BCUT2D eigenvalue weighted by atomic mass is 14.8. The highest BCUT2D eigenvalue weighted by Gasteiger charge is 1.93. The lowest BCUT2D eigenvalue weighted by molar-refractivity contribution is 0.518. The zero-order valence-corrected chi connectivity index (χ0v) is 8.27. The van der Waals surface area contributed by atoms with Crippen molar-refractivity contribution in [2.24, 2.45) is 5.92 Å². The van der Waals surface area contributed by atoms with Crippen molar-refractivity contribution in [3.63, 3.8) is 0 Å². The van der Waals surface area contributed by atoms with Crippen LogP contribution in [0.15, 0.2) is 0 Å². The second kappa shape index (κ2) is 8.06. The molecular weight excluding hydrogens is 134 g/mol. The van der Waals surface area contributed by atoms with Gasteiger partial charge in [0.15, 0.2) is 0 Å². The Labute approximate surface area is 71.6 Å². The van der Waals surface area contributed by atoms with E-state index in [2.05, 4.69) is 26.1 Å². The van der Waals surface area contributed by atoms with Crippen molar-refractivity contribution in [1.82, 2.24) is 5.32 Å². The number of rotatable bonds is 7. The quantitative estimate of drug-likeness (QED) is 0.503. The van der Waals surface area contributed by atoms with Crippen LogP contribution in [0.5, 0.6) is 0 Å². The van der Waals surface area contributed by atoms with E-state index in [-0.39, 0.29) is 0 Å². The summed E-state index contributed by atoms with van der Waals surface area (Å²) in [5.41, 5.74) is 0. The fraction of sp³-hybridized carbons (Fsp3) is 1.00. The molecule has 1 radical (unpaired) electrons. The predicted octanol–water partition coefficient (Wildman–Crippen LogP) is 2.83. The maximum Gasteiger partial charge on any atom is 0.0133 e. The van der Waals surface area contributed by atoms with Gasteiger partial charge in [0.2, 0.25) is 0 Å². The van der Waals surface area contributed by atoms with Crippen molar-refractivity contribution in [3.05, 3.63) is 0 Å². The summed E-state index contributed by atoms with van der Waals surface area (Å²) in [4.78, 5) is 0. The molecule has 0 aliphatic carbocycles. The lowest BCUT2D eigenvalue weighted by atomic mass is 10.1. The van der Waals surface area contributed by atoms with E-state index in [1.54, 1.807) is 0 Å². The van der Waals surface area contributed by atoms with Gasteiger partial charge in [0.1, 0.15) is 0 Å². The third kappa shape index (κ3) is 9.96. The Hall–Kier alpha value is -0.0400. The number of unbranched alkanes of at least 4 members (excludes halogenated alkanes) is 1. The second-order valence-corrected chi connectivity index (χ2v) is 3.56. The first-order valence-corrected chi connectivity index (χ1v) is 4.90. The molecule has 0 amide bonds. The van der Waals surface area contributed by atoms with Crippen molar-refractivity contribution in [3.8, 4) is 0 Å². The Morgan fingerprint density at radius 2 is 1.73 bits per heavy atom. The van der Waals surface area contributed by atoms with Gasteiger partial charge in [-0.05, 0) is 25.2 Å². The van der Waals surface area contributed by atoms with Crippen molar-refractivity contribution < 1.29 is 0 Å². The standard InChI is InChI=1S/C10H22N/c1-4-5-8-11-9-6-7-10(2)3/h10H,4-9H2,1-3H3. The molecule has 0 aromatic carbocycles. The molecule has 0 aromatic rings. The van der Waals surface area contributed by atoms with E-state index in [9.17, 15) is 0 Å². The Kier molecular flexibility index (Phi) is 8.03. The summed E-state index contributed by atoms with van der Waals surface area (Å²) in [5.74, 6) is 0.844. The molecule has 11 heavy (non-hydrogen) atoms. The van der Waals surface area contributed by atoms with Crippen LogP contribution >= 0.6 is 0 Å². The van der Waals surface area contributed by atoms with Crippen LogP contribution in [-0.4, -0.2) is 13.1 Å². The molecule has 1 heteroatoms. The molecule has 0 fully saturated rings. The summed E-state index contributed by atoms with van der Waals surface area (Å²) in [6.07, 6.45) is 5.15. The zero-order chi connectivity index (χ0) is 8.53. The van der Waals surface area contributed by atoms with Gasteiger partial charge in [-0.1, -0.05) is 27.2 Å². The number of nitrogens with zero attached hydrogens (tertiary/aromatic N) is 1. The fourth-order valence-electron chi connectivity index (χ4n) is 0.993. The van der Waals surface area contributed by atoms with Crippen LogP contribution in [-0.2, 0) is 0 Å². The first-order chi connectivity index (χ1) is 5.27. The minimum atomic E-state index is 0.844. The largest absolute Gasteiger partial charge is 0.242 e. The topological polar surface area (TPSA) is 14.1 Å². The molecule has 0 unspecified atom stereocenters. The first kappa shape index (κ1) is 11.0. The third-order valence-corrected chi connectivity index (χ3v) is 1.77. The van der Waals surface area contributed by atoms with Gasteiger partial charge in [0.05, 0.1) is 0 Å². The molecule has 0 N–H and O–H groups in total. The Balaban J connectivity index is 2.80. The minimum Gasteiger partial charge on any atom is -0.242 e. The monoisotopic (exact) mass is 156 g/mol. The highest BCUT2D eigenvalue weighted by Crippen LogP contribution is 2.01. The summed E-state index contributed by atoms with van der Waals surface area (Å²) in [5, 5.41) is 4.43. The highest BCUT2D eigenvalue weighted by molar-refractivity contribution is 4.50. The molecule has 0 rings (SSSR count). The van der Waals surface area contributed by atoms with Gasteiger partial charge in [0, 0.05) is 13.1 Å².